The summed E-state index contributed by atoms with van der Waals surface area (Å²) in [5.74, 6) is 0.472. The summed E-state index contributed by atoms with van der Waals surface area (Å²) in [5, 5.41) is 13.6. The van der Waals surface area contributed by atoms with E-state index in [9.17, 15) is 14.9 Å². The number of hydrogen-bond acceptors (Lipinski definition) is 4. The van der Waals surface area contributed by atoms with Gasteiger partial charge in [0.15, 0.2) is 0 Å². The molecule has 0 unspecified atom stereocenters. The molecule has 120 valence electrons. The van der Waals surface area contributed by atoms with Crippen molar-refractivity contribution in [1.29, 1.82) is 0 Å². The monoisotopic (exact) mass is 314 g/mol. The molecule has 0 aromatic heterocycles. The number of carbonyl (C=O) groups is 1. The van der Waals surface area contributed by atoms with Crippen LogP contribution < -0.4 is 10.1 Å². The minimum Gasteiger partial charge on any atom is -0.494 e. The van der Waals surface area contributed by atoms with Crippen LogP contribution in [0.25, 0.3) is 0 Å². The molecule has 0 aliphatic carbocycles. The average molecular weight is 314 g/mol. The van der Waals surface area contributed by atoms with Crippen LogP contribution in [-0.4, -0.2) is 24.0 Å². The van der Waals surface area contributed by atoms with E-state index in [1.165, 1.54) is 12.1 Å². The van der Waals surface area contributed by atoms with Gasteiger partial charge in [0.25, 0.3) is 11.6 Å². The summed E-state index contributed by atoms with van der Waals surface area (Å²) in [4.78, 5) is 22.5. The maximum Gasteiger partial charge on any atom is 0.273 e. The van der Waals surface area contributed by atoms with Crippen LogP contribution in [0.3, 0.4) is 0 Å². The van der Waals surface area contributed by atoms with Crippen molar-refractivity contribution in [3.8, 4) is 5.75 Å². The number of hydrogen-bond donors (Lipinski definition) is 1. The van der Waals surface area contributed by atoms with Gasteiger partial charge in [-0.1, -0.05) is 24.3 Å². The maximum atomic E-state index is 12.1. The summed E-state index contributed by atoms with van der Waals surface area (Å²) in [6.45, 7) is 2.50. The van der Waals surface area contributed by atoms with Gasteiger partial charge in [0.2, 0.25) is 0 Å². The lowest BCUT2D eigenvalue weighted by atomic mass is 10.1. The second-order valence-electron chi connectivity index (χ2n) is 4.98. The van der Waals surface area contributed by atoms with Crippen LogP contribution in [0.2, 0.25) is 0 Å². The number of nitrogens with one attached hydrogen (secondary N) is 1. The van der Waals surface area contributed by atoms with Crippen LogP contribution in [-0.2, 0) is 0 Å². The molecule has 0 aliphatic rings. The summed E-state index contributed by atoms with van der Waals surface area (Å²) < 4.78 is 5.53. The van der Waals surface area contributed by atoms with Gasteiger partial charge < -0.3 is 10.1 Å². The highest BCUT2D eigenvalue weighted by Gasteiger charge is 2.17. The SMILES string of the molecule is Cc1c(C(=O)NCCCOc2ccccc2)cccc1[N+](=O)[O-]. The quantitative estimate of drug-likeness (QED) is 0.483. The van der Waals surface area contributed by atoms with Crippen molar-refractivity contribution in [2.24, 2.45) is 0 Å². The van der Waals surface area contributed by atoms with Gasteiger partial charge in [0.05, 0.1) is 11.5 Å². The third-order valence-corrected chi connectivity index (χ3v) is 3.37. The number of rotatable bonds is 7. The Morgan fingerprint density at radius 2 is 1.91 bits per heavy atom. The fourth-order valence-electron chi connectivity index (χ4n) is 2.14. The summed E-state index contributed by atoms with van der Waals surface area (Å²) in [6, 6.07) is 13.9. The molecular formula is C17H18N2O4. The Hall–Kier alpha value is -2.89. The van der Waals surface area contributed by atoms with Gasteiger partial charge in [-0.15, -0.1) is 0 Å². The van der Waals surface area contributed by atoms with E-state index in [2.05, 4.69) is 5.32 Å². The second-order valence-corrected chi connectivity index (χ2v) is 4.98. The highest BCUT2D eigenvalue weighted by atomic mass is 16.6. The fourth-order valence-corrected chi connectivity index (χ4v) is 2.14. The number of benzene rings is 2. The number of ether oxygens (including phenoxy) is 1. The highest BCUT2D eigenvalue weighted by molar-refractivity contribution is 5.96. The standard InChI is InChI=1S/C17H18N2O4/c1-13-15(9-5-10-16(13)19(21)22)17(20)18-11-6-12-23-14-7-3-2-4-8-14/h2-5,7-10H,6,11-12H2,1H3,(H,18,20). The molecule has 0 radical (unpaired) electrons. The zero-order chi connectivity index (χ0) is 16.7. The molecule has 0 heterocycles. The van der Waals surface area contributed by atoms with Gasteiger partial charge in [-0.05, 0) is 31.5 Å². The van der Waals surface area contributed by atoms with Crippen molar-refractivity contribution in [1.82, 2.24) is 5.32 Å². The van der Waals surface area contributed by atoms with E-state index in [0.29, 0.717) is 30.7 Å². The van der Waals surface area contributed by atoms with Crippen molar-refractivity contribution in [3.63, 3.8) is 0 Å². The molecule has 2 aromatic carbocycles. The molecule has 1 amide bonds. The Bertz CT molecular complexity index is 686. The van der Waals surface area contributed by atoms with Crippen molar-refractivity contribution < 1.29 is 14.5 Å². The molecule has 1 N–H and O–H groups in total. The zero-order valence-corrected chi connectivity index (χ0v) is 12.8. The molecule has 0 fully saturated rings. The van der Waals surface area contributed by atoms with E-state index >= 15 is 0 Å². The lowest BCUT2D eigenvalue weighted by Crippen LogP contribution is -2.26. The van der Waals surface area contributed by atoms with Crippen LogP contribution in [0.1, 0.15) is 22.3 Å². The Balaban J connectivity index is 1.81. The third kappa shape index (κ3) is 4.54. The van der Waals surface area contributed by atoms with Crippen LogP contribution in [0.5, 0.6) is 5.75 Å². The number of carbonyl (C=O) groups excluding carboxylic acids is 1. The van der Waals surface area contributed by atoms with Crippen LogP contribution >= 0.6 is 0 Å². The largest absolute Gasteiger partial charge is 0.494 e. The number of nitrogens with zero attached hydrogens (tertiary/aromatic N) is 1. The fraction of sp³-hybridized carbons (Fsp3) is 0.235. The van der Waals surface area contributed by atoms with Crippen molar-refractivity contribution >= 4 is 11.6 Å². The predicted octanol–water partition coefficient (Wildman–Crippen LogP) is 3.10. The predicted molar refractivity (Wildman–Crippen MR) is 86.7 cm³/mol. The first-order valence-corrected chi connectivity index (χ1v) is 7.29. The van der Waals surface area contributed by atoms with E-state index in [1.807, 2.05) is 30.3 Å². The summed E-state index contributed by atoms with van der Waals surface area (Å²) in [6.07, 6.45) is 0.647. The molecule has 0 spiro atoms. The Morgan fingerprint density at radius 3 is 2.61 bits per heavy atom. The Kier molecular flexibility index (Phi) is 5.68. The minimum atomic E-state index is -0.486. The van der Waals surface area contributed by atoms with Gasteiger partial charge in [0.1, 0.15) is 5.75 Å². The average Bonchev–Trinajstić information content (AvgIpc) is 2.55. The van der Waals surface area contributed by atoms with E-state index < -0.39 is 4.92 Å². The number of para-hydroxylation sites is 1. The molecule has 23 heavy (non-hydrogen) atoms. The van der Waals surface area contributed by atoms with Gasteiger partial charge in [0, 0.05) is 23.7 Å². The Labute approximate surface area is 134 Å². The normalized spacial score (nSPS) is 10.1. The molecule has 2 aromatic rings. The number of nitro benzene ring substituents is 1. The summed E-state index contributed by atoms with van der Waals surface area (Å²) in [5.41, 5.74) is 0.642. The molecule has 0 saturated heterocycles. The van der Waals surface area contributed by atoms with Crippen LogP contribution in [0.4, 0.5) is 5.69 Å². The molecule has 0 aliphatic heterocycles. The molecule has 6 nitrogen and oxygen atoms in total. The number of nitro groups is 1. The van der Waals surface area contributed by atoms with Crippen molar-refractivity contribution in [2.45, 2.75) is 13.3 Å². The molecule has 2 rings (SSSR count). The van der Waals surface area contributed by atoms with Crippen molar-refractivity contribution in [3.05, 3.63) is 69.8 Å². The summed E-state index contributed by atoms with van der Waals surface area (Å²) >= 11 is 0. The van der Waals surface area contributed by atoms with Gasteiger partial charge >= 0.3 is 0 Å². The van der Waals surface area contributed by atoms with E-state index in [0.717, 1.165) is 5.75 Å². The first-order valence-electron chi connectivity index (χ1n) is 7.29. The lowest BCUT2D eigenvalue weighted by molar-refractivity contribution is -0.385. The molecule has 0 atom stereocenters. The third-order valence-electron chi connectivity index (χ3n) is 3.37. The maximum absolute atomic E-state index is 12.1. The topological polar surface area (TPSA) is 81.5 Å². The summed E-state index contributed by atoms with van der Waals surface area (Å²) in [7, 11) is 0. The smallest absolute Gasteiger partial charge is 0.273 e. The van der Waals surface area contributed by atoms with Gasteiger partial charge in [-0.3, -0.25) is 14.9 Å². The molecule has 6 heteroatoms. The first-order chi connectivity index (χ1) is 11.1. The second kappa shape index (κ2) is 7.93. The molecule has 0 saturated carbocycles. The molecular weight excluding hydrogens is 296 g/mol. The minimum absolute atomic E-state index is 0.0509. The first kappa shape index (κ1) is 16.5. The van der Waals surface area contributed by atoms with Crippen molar-refractivity contribution in [2.75, 3.05) is 13.2 Å². The lowest BCUT2D eigenvalue weighted by Gasteiger charge is -2.09. The van der Waals surface area contributed by atoms with Crippen LogP contribution in [0.15, 0.2) is 48.5 Å². The number of amides is 1. The van der Waals surface area contributed by atoms with Gasteiger partial charge in [-0.2, -0.15) is 0 Å². The van der Waals surface area contributed by atoms with Gasteiger partial charge in [-0.25, -0.2) is 0 Å². The zero-order valence-electron chi connectivity index (χ0n) is 12.8. The molecule has 0 bridgehead atoms. The van der Waals surface area contributed by atoms with E-state index in [1.54, 1.807) is 13.0 Å². The van der Waals surface area contributed by atoms with E-state index in [-0.39, 0.29) is 11.6 Å². The van der Waals surface area contributed by atoms with Crippen LogP contribution in [0, 0.1) is 17.0 Å². The highest BCUT2D eigenvalue weighted by Crippen LogP contribution is 2.20. The Morgan fingerprint density at radius 1 is 1.17 bits per heavy atom. The van der Waals surface area contributed by atoms with E-state index in [4.69, 9.17) is 4.74 Å².